The van der Waals surface area contributed by atoms with Crippen molar-refractivity contribution in [1.29, 1.82) is 0 Å². The predicted molar refractivity (Wildman–Crippen MR) is 67.7 cm³/mol. The number of aromatic nitrogens is 1. The second kappa shape index (κ2) is 3.81. The van der Waals surface area contributed by atoms with Crippen LogP contribution in [0.2, 0.25) is 0 Å². The molecule has 2 unspecified atom stereocenters. The van der Waals surface area contributed by atoms with Gasteiger partial charge >= 0.3 is 0 Å². The molecular weight excluding hydrogens is 216 g/mol. The summed E-state index contributed by atoms with van der Waals surface area (Å²) in [6.07, 6.45) is 6.69. The van der Waals surface area contributed by atoms with Crippen molar-refractivity contribution in [2.45, 2.75) is 57.5 Å². The molecule has 1 aromatic rings. The molecule has 88 valence electrons. The Morgan fingerprint density at radius 2 is 2.25 bits per heavy atom. The molecule has 2 fully saturated rings. The van der Waals surface area contributed by atoms with Crippen molar-refractivity contribution in [2.24, 2.45) is 5.92 Å². The second-order valence-electron chi connectivity index (χ2n) is 5.48. The summed E-state index contributed by atoms with van der Waals surface area (Å²) in [5, 5.41) is 7.42. The van der Waals surface area contributed by atoms with Crippen LogP contribution in [0.1, 0.15) is 49.7 Å². The molecule has 2 saturated carbocycles. The van der Waals surface area contributed by atoms with Gasteiger partial charge in [-0.1, -0.05) is 13.3 Å². The van der Waals surface area contributed by atoms with Crippen LogP contribution in [0.3, 0.4) is 0 Å². The first-order valence-corrected chi connectivity index (χ1v) is 7.29. The lowest BCUT2D eigenvalue weighted by molar-refractivity contribution is 0.258. The van der Waals surface area contributed by atoms with Crippen molar-refractivity contribution in [1.82, 2.24) is 10.3 Å². The minimum absolute atomic E-state index is 0.208. The lowest BCUT2D eigenvalue weighted by Crippen LogP contribution is -2.45. The Hall–Kier alpha value is -0.410. The molecule has 2 nitrogen and oxygen atoms in total. The van der Waals surface area contributed by atoms with Crippen LogP contribution in [-0.2, 0) is 5.54 Å². The lowest BCUT2D eigenvalue weighted by Gasteiger charge is -2.33. The number of nitrogens with one attached hydrogen (secondary N) is 1. The molecule has 0 aliphatic heterocycles. The summed E-state index contributed by atoms with van der Waals surface area (Å²) in [7, 11) is 0. The highest BCUT2D eigenvalue weighted by molar-refractivity contribution is 7.09. The van der Waals surface area contributed by atoms with Crippen molar-refractivity contribution in [3.05, 3.63) is 16.1 Å². The monoisotopic (exact) mass is 236 g/mol. The average Bonchev–Trinajstić information content (AvgIpc) is 2.83. The number of aryl methyl sites for hydroxylation is 1. The Kier molecular flexibility index (Phi) is 2.55. The van der Waals surface area contributed by atoms with Crippen LogP contribution < -0.4 is 5.32 Å². The van der Waals surface area contributed by atoms with Gasteiger partial charge in [-0.15, -0.1) is 11.3 Å². The zero-order chi connectivity index (χ0) is 11.2. The van der Waals surface area contributed by atoms with E-state index in [-0.39, 0.29) is 5.54 Å². The molecule has 0 spiro atoms. The SMILES string of the molecule is Cc1csc(C2(NC3CC3)CCCC2C)n1. The molecule has 1 aromatic heterocycles. The van der Waals surface area contributed by atoms with Crippen molar-refractivity contribution < 1.29 is 0 Å². The van der Waals surface area contributed by atoms with E-state index in [0.717, 1.165) is 12.0 Å². The quantitative estimate of drug-likeness (QED) is 0.871. The van der Waals surface area contributed by atoms with E-state index in [1.165, 1.54) is 42.8 Å². The van der Waals surface area contributed by atoms with Gasteiger partial charge < -0.3 is 5.32 Å². The summed E-state index contributed by atoms with van der Waals surface area (Å²) >= 11 is 1.85. The summed E-state index contributed by atoms with van der Waals surface area (Å²) < 4.78 is 0. The van der Waals surface area contributed by atoms with Gasteiger partial charge in [-0.2, -0.15) is 0 Å². The summed E-state index contributed by atoms with van der Waals surface area (Å²) in [6, 6.07) is 0.768. The van der Waals surface area contributed by atoms with E-state index in [9.17, 15) is 0 Å². The lowest BCUT2D eigenvalue weighted by atomic mass is 9.88. The summed E-state index contributed by atoms with van der Waals surface area (Å²) in [5.74, 6) is 0.735. The van der Waals surface area contributed by atoms with Crippen molar-refractivity contribution in [3.63, 3.8) is 0 Å². The van der Waals surface area contributed by atoms with Gasteiger partial charge in [-0.25, -0.2) is 4.98 Å². The Labute approximate surface area is 101 Å². The molecule has 2 aliphatic rings. The average molecular weight is 236 g/mol. The third kappa shape index (κ3) is 1.70. The highest BCUT2D eigenvalue weighted by atomic mass is 32.1. The second-order valence-corrected chi connectivity index (χ2v) is 6.34. The molecule has 0 amide bonds. The first-order chi connectivity index (χ1) is 7.71. The fourth-order valence-corrected chi connectivity index (χ4v) is 4.03. The molecule has 3 rings (SSSR count). The fourth-order valence-electron chi connectivity index (χ4n) is 2.92. The molecule has 0 bridgehead atoms. The van der Waals surface area contributed by atoms with Crippen molar-refractivity contribution >= 4 is 11.3 Å². The van der Waals surface area contributed by atoms with Gasteiger partial charge in [-0.3, -0.25) is 0 Å². The predicted octanol–water partition coefficient (Wildman–Crippen LogP) is 3.22. The van der Waals surface area contributed by atoms with Gasteiger partial charge in [0.1, 0.15) is 5.01 Å². The molecule has 3 heteroatoms. The van der Waals surface area contributed by atoms with E-state index < -0.39 is 0 Å². The molecule has 0 saturated heterocycles. The maximum Gasteiger partial charge on any atom is 0.113 e. The third-order valence-corrected chi connectivity index (χ3v) is 5.23. The largest absolute Gasteiger partial charge is 0.302 e. The Morgan fingerprint density at radius 3 is 2.75 bits per heavy atom. The molecule has 2 atom stereocenters. The van der Waals surface area contributed by atoms with E-state index in [1.807, 2.05) is 11.3 Å². The summed E-state index contributed by atoms with van der Waals surface area (Å²) in [6.45, 7) is 4.49. The maximum absolute atomic E-state index is 4.75. The van der Waals surface area contributed by atoms with Gasteiger partial charge in [0.2, 0.25) is 0 Å². The minimum atomic E-state index is 0.208. The standard InChI is InChI=1S/C13H20N2S/c1-9-4-3-7-13(9,15-11-5-6-11)12-14-10(2)8-16-12/h8-9,11,15H,3-7H2,1-2H3. The number of hydrogen-bond donors (Lipinski definition) is 1. The minimum Gasteiger partial charge on any atom is -0.302 e. The van der Waals surface area contributed by atoms with Gasteiger partial charge in [0, 0.05) is 17.1 Å². The van der Waals surface area contributed by atoms with Gasteiger partial charge in [-0.05, 0) is 38.5 Å². The van der Waals surface area contributed by atoms with Gasteiger partial charge in [0.15, 0.2) is 0 Å². The van der Waals surface area contributed by atoms with E-state index in [1.54, 1.807) is 0 Å². The summed E-state index contributed by atoms with van der Waals surface area (Å²) in [4.78, 5) is 4.75. The van der Waals surface area contributed by atoms with E-state index in [0.29, 0.717) is 0 Å². The van der Waals surface area contributed by atoms with Crippen LogP contribution in [0.4, 0.5) is 0 Å². The smallest absolute Gasteiger partial charge is 0.113 e. The van der Waals surface area contributed by atoms with Crippen LogP contribution in [0.5, 0.6) is 0 Å². The normalized spacial score (nSPS) is 34.5. The highest BCUT2D eigenvalue weighted by Crippen LogP contribution is 2.46. The first-order valence-electron chi connectivity index (χ1n) is 6.41. The number of hydrogen-bond acceptors (Lipinski definition) is 3. The number of thiazole rings is 1. The van der Waals surface area contributed by atoms with E-state index >= 15 is 0 Å². The van der Waals surface area contributed by atoms with Crippen LogP contribution >= 0.6 is 11.3 Å². The van der Waals surface area contributed by atoms with Crippen LogP contribution in [-0.4, -0.2) is 11.0 Å². The Bertz CT molecular complexity index is 383. The number of rotatable bonds is 3. The molecule has 0 radical (unpaired) electrons. The fraction of sp³-hybridized carbons (Fsp3) is 0.769. The first kappa shape index (κ1) is 10.7. The topological polar surface area (TPSA) is 24.9 Å². The summed E-state index contributed by atoms with van der Waals surface area (Å²) in [5.41, 5.74) is 1.39. The van der Waals surface area contributed by atoms with Crippen molar-refractivity contribution in [2.75, 3.05) is 0 Å². The zero-order valence-electron chi connectivity index (χ0n) is 10.1. The Balaban J connectivity index is 1.93. The molecule has 1 N–H and O–H groups in total. The molecular formula is C13H20N2S. The van der Waals surface area contributed by atoms with Crippen LogP contribution in [0.15, 0.2) is 5.38 Å². The zero-order valence-corrected chi connectivity index (χ0v) is 10.9. The highest BCUT2D eigenvalue weighted by Gasteiger charge is 2.46. The van der Waals surface area contributed by atoms with E-state index in [4.69, 9.17) is 4.98 Å². The van der Waals surface area contributed by atoms with Crippen molar-refractivity contribution in [3.8, 4) is 0 Å². The van der Waals surface area contributed by atoms with Crippen LogP contribution in [0.25, 0.3) is 0 Å². The molecule has 1 heterocycles. The maximum atomic E-state index is 4.75. The van der Waals surface area contributed by atoms with Gasteiger partial charge in [0.25, 0.3) is 0 Å². The molecule has 16 heavy (non-hydrogen) atoms. The van der Waals surface area contributed by atoms with Crippen LogP contribution in [0, 0.1) is 12.8 Å². The van der Waals surface area contributed by atoms with Gasteiger partial charge in [0.05, 0.1) is 5.54 Å². The Morgan fingerprint density at radius 1 is 1.44 bits per heavy atom. The molecule has 0 aromatic carbocycles. The molecule has 2 aliphatic carbocycles. The number of nitrogens with zero attached hydrogens (tertiary/aromatic N) is 1. The van der Waals surface area contributed by atoms with E-state index in [2.05, 4.69) is 24.5 Å². The third-order valence-electron chi connectivity index (χ3n) is 4.09.